The molecule has 0 aliphatic carbocycles. The van der Waals surface area contributed by atoms with E-state index in [1.54, 1.807) is 0 Å². The molecule has 0 unspecified atom stereocenters. The largest absolute Gasteiger partial charge is 0.381 e. The van der Waals surface area contributed by atoms with Gasteiger partial charge in [0.2, 0.25) is 5.91 Å². The van der Waals surface area contributed by atoms with Gasteiger partial charge in [-0.2, -0.15) is 0 Å². The number of nitrogens with zero attached hydrogens (tertiary/aromatic N) is 2. The van der Waals surface area contributed by atoms with Crippen molar-refractivity contribution in [1.82, 2.24) is 9.88 Å². The van der Waals surface area contributed by atoms with Crippen LogP contribution in [-0.2, 0) is 9.53 Å². The highest BCUT2D eigenvalue weighted by Gasteiger charge is 2.39. The van der Waals surface area contributed by atoms with E-state index in [0.717, 1.165) is 49.2 Å². The van der Waals surface area contributed by atoms with Crippen molar-refractivity contribution >= 4 is 44.2 Å². The predicted molar refractivity (Wildman–Crippen MR) is 92.2 cm³/mol. The van der Waals surface area contributed by atoms with Crippen LogP contribution in [0, 0.1) is 0 Å². The van der Waals surface area contributed by atoms with Gasteiger partial charge in [-0.05, 0) is 37.5 Å². The second-order valence-corrected chi connectivity index (χ2v) is 7.47. The molecule has 0 bridgehead atoms. The molecule has 1 N–H and O–H groups in total. The fourth-order valence-electron chi connectivity index (χ4n) is 3.29. The van der Waals surface area contributed by atoms with Crippen LogP contribution in [0.1, 0.15) is 19.3 Å². The Labute approximate surface area is 143 Å². The number of thiazole rings is 1. The van der Waals surface area contributed by atoms with Crippen LogP contribution >= 0.6 is 22.9 Å². The van der Waals surface area contributed by atoms with Crippen molar-refractivity contribution in [3.05, 3.63) is 23.2 Å². The maximum absolute atomic E-state index is 12.5. The van der Waals surface area contributed by atoms with E-state index in [-0.39, 0.29) is 11.9 Å². The molecule has 2 fully saturated rings. The minimum Gasteiger partial charge on any atom is -0.381 e. The summed E-state index contributed by atoms with van der Waals surface area (Å²) < 4.78 is 6.43. The van der Waals surface area contributed by atoms with E-state index in [4.69, 9.17) is 16.3 Å². The normalized spacial score (nSPS) is 22.9. The number of aromatic nitrogens is 1. The van der Waals surface area contributed by atoms with E-state index in [1.165, 1.54) is 11.3 Å². The summed E-state index contributed by atoms with van der Waals surface area (Å²) in [6.07, 6.45) is 2.95. The highest BCUT2D eigenvalue weighted by atomic mass is 35.5. The first-order valence-electron chi connectivity index (χ1n) is 7.91. The van der Waals surface area contributed by atoms with Gasteiger partial charge in [-0.25, -0.2) is 4.98 Å². The molecule has 7 heteroatoms. The number of ether oxygens (including phenoxy) is 1. The van der Waals surface area contributed by atoms with Crippen molar-refractivity contribution in [1.29, 1.82) is 0 Å². The number of carbonyl (C=O) groups excluding carboxylic acids is 1. The molecule has 1 atom stereocenters. The molecule has 4 rings (SSSR count). The summed E-state index contributed by atoms with van der Waals surface area (Å²) in [5.74, 6) is 0.0490. The molecule has 5 nitrogen and oxygen atoms in total. The van der Waals surface area contributed by atoms with Gasteiger partial charge in [-0.1, -0.05) is 22.9 Å². The van der Waals surface area contributed by atoms with Gasteiger partial charge in [-0.3, -0.25) is 9.69 Å². The molecule has 3 heterocycles. The van der Waals surface area contributed by atoms with Gasteiger partial charge in [0.15, 0.2) is 5.13 Å². The van der Waals surface area contributed by atoms with Crippen LogP contribution in [0.5, 0.6) is 0 Å². The van der Waals surface area contributed by atoms with Crippen LogP contribution in [0.3, 0.4) is 0 Å². The van der Waals surface area contributed by atoms with E-state index < -0.39 is 0 Å². The first kappa shape index (κ1) is 15.3. The summed E-state index contributed by atoms with van der Waals surface area (Å²) >= 11 is 7.46. The average Bonchev–Trinajstić information content (AvgIpc) is 2.88. The van der Waals surface area contributed by atoms with Crippen LogP contribution in [0.2, 0.25) is 5.02 Å². The molecular formula is C16H18ClN3O2S. The van der Waals surface area contributed by atoms with Crippen LogP contribution in [0.4, 0.5) is 5.13 Å². The minimum absolute atomic E-state index is 0.0336. The Morgan fingerprint density at radius 1 is 1.35 bits per heavy atom. The number of fused-ring (bicyclic) bond motifs is 1. The monoisotopic (exact) mass is 351 g/mol. The van der Waals surface area contributed by atoms with Crippen molar-refractivity contribution in [2.24, 2.45) is 0 Å². The topological polar surface area (TPSA) is 54.5 Å². The van der Waals surface area contributed by atoms with Crippen molar-refractivity contribution in [2.45, 2.75) is 31.3 Å². The Bertz CT molecular complexity index is 729. The van der Waals surface area contributed by atoms with Crippen molar-refractivity contribution in [3.63, 3.8) is 0 Å². The number of halogens is 1. The van der Waals surface area contributed by atoms with E-state index in [1.807, 2.05) is 18.2 Å². The number of likely N-dealkylation sites (tertiary alicyclic amines) is 1. The Morgan fingerprint density at radius 3 is 2.91 bits per heavy atom. The number of amides is 1. The fourth-order valence-corrected chi connectivity index (χ4v) is 4.30. The molecular weight excluding hydrogens is 334 g/mol. The number of hydrogen-bond acceptors (Lipinski definition) is 5. The first-order valence-corrected chi connectivity index (χ1v) is 9.10. The highest BCUT2D eigenvalue weighted by molar-refractivity contribution is 7.22. The average molecular weight is 352 g/mol. The summed E-state index contributed by atoms with van der Waals surface area (Å²) in [6.45, 7) is 2.60. The molecule has 0 saturated carbocycles. The zero-order valence-corrected chi connectivity index (χ0v) is 14.2. The lowest BCUT2D eigenvalue weighted by atomic mass is 9.95. The maximum atomic E-state index is 12.5. The molecule has 0 spiro atoms. The highest BCUT2D eigenvalue weighted by Crippen LogP contribution is 2.30. The predicted octanol–water partition coefficient (Wildman–Crippen LogP) is 3.14. The van der Waals surface area contributed by atoms with Gasteiger partial charge in [-0.15, -0.1) is 0 Å². The van der Waals surface area contributed by atoms with E-state index in [9.17, 15) is 4.79 Å². The number of rotatable bonds is 3. The summed E-state index contributed by atoms with van der Waals surface area (Å²) in [5, 5.41) is 4.28. The summed E-state index contributed by atoms with van der Waals surface area (Å²) in [4.78, 5) is 19.3. The smallest absolute Gasteiger partial charge is 0.243 e. The van der Waals surface area contributed by atoms with E-state index in [2.05, 4.69) is 15.2 Å². The molecule has 2 aliphatic heterocycles. The van der Waals surface area contributed by atoms with E-state index >= 15 is 0 Å². The lowest BCUT2D eigenvalue weighted by Crippen LogP contribution is -2.59. The zero-order chi connectivity index (χ0) is 15.8. The third kappa shape index (κ3) is 3.08. The lowest BCUT2D eigenvalue weighted by Gasteiger charge is -2.46. The van der Waals surface area contributed by atoms with Crippen LogP contribution in [0.15, 0.2) is 18.2 Å². The molecule has 1 amide bonds. The van der Waals surface area contributed by atoms with Gasteiger partial charge in [0, 0.05) is 30.8 Å². The second-order valence-electron chi connectivity index (χ2n) is 6.01. The first-order chi connectivity index (χ1) is 11.2. The second kappa shape index (κ2) is 6.36. The molecule has 23 heavy (non-hydrogen) atoms. The fraction of sp³-hybridized carbons (Fsp3) is 0.500. The summed E-state index contributed by atoms with van der Waals surface area (Å²) in [5.41, 5.74) is 0.827. The van der Waals surface area contributed by atoms with Crippen LogP contribution in [-0.4, -0.2) is 47.6 Å². The number of carbonyl (C=O) groups is 1. The van der Waals surface area contributed by atoms with Gasteiger partial charge >= 0.3 is 0 Å². The van der Waals surface area contributed by atoms with Crippen molar-refractivity contribution in [3.8, 4) is 0 Å². The molecule has 2 aliphatic rings. The number of anilines is 1. The van der Waals surface area contributed by atoms with Gasteiger partial charge in [0.05, 0.1) is 16.3 Å². The lowest BCUT2D eigenvalue weighted by molar-refractivity contribution is -0.129. The molecule has 1 aromatic carbocycles. The molecule has 0 radical (unpaired) electrons. The molecule has 1 aromatic heterocycles. The summed E-state index contributed by atoms with van der Waals surface area (Å²) in [6, 6.07) is 6.03. The molecule has 2 saturated heterocycles. The minimum atomic E-state index is -0.0336. The van der Waals surface area contributed by atoms with Crippen LogP contribution < -0.4 is 5.32 Å². The number of benzene rings is 1. The number of hydrogen-bond donors (Lipinski definition) is 1. The quantitative estimate of drug-likeness (QED) is 0.923. The Morgan fingerprint density at radius 2 is 2.17 bits per heavy atom. The third-order valence-corrected chi connectivity index (χ3v) is 5.79. The standard InChI is InChI=1S/C16H18ClN3O2S/c17-10-1-2-14-12(9-10)18-16(23-14)19-15(21)13-3-6-20(13)11-4-7-22-8-5-11/h1-2,9,11,13H,3-8H2,(H,18,19,21)/t13-/m0/s1. The summed E-state index contributed by atoms with van der Waals surface area (Å²) in [7, 11) is 0. The van der Waals surface area contributed by atoms with Crippen molar-refractivity contribution < 1.29 is 9.53 Å². The third-order valence-electron chi connectivity index (χ3n) is 4.60. The zero-order valence-electron chi connectivity index (χ0n) is 12.6. The van der Waals surface area contributed by atoms with Gasteiger partial charge in [0.25, 0.3) is 0 Å². The van der Waals surface area contributed by atoms with E-state index in [0.29, 0.717) is 16.2 Å². The maximum Gasteiger partial charge on any atom is 0.243 e. The van der Waals surface area contributed by atoms with Gasteiger partial charge in [0.1, 0.15) is 0 Å². The molecule has 122 valence electrons. The van der Waals surface area contributed by atoms with Crippen LogP contribution in [0.25, 0.3) is 10.2 Å². The Hall–Kier alpha value is -1.21. The molecule has 2 aromatic rings. The Balaban J connectivity index is 1.44. The SMILES string of the molecule is O=C(Nc1nc2cc(Cl)ccc2s1)[C@@H]1CCN1C1CCOCC1. The van der Waals surface area contributed by atoms with Crippen molar-refractivity contribution in [2.75, 3.05) is 25.1 Å². The van der Waals surface area contributed by atoms with Gasteiger partial charge < -0.3 is 10.1 Å². The Kier molecular flexibility index (Phi) is 4.24. The number of nitrogens with one attached hydrogen (secondary N) is 1.